The fourth-order valence-corrected chi connectivity index (χ4v) is 6.32. The Kier molecular flexibility index (Phi) is 8.01. The summed E-state index contributed by atoms with van der Waals surface area (Å²) in [7, 11) is 1.54. The second-order valence-electron chi connectivity index (χ2n) is 11.5. The molecule has 2 amide bonds. The largest absolute Gasteiger partial charge is 0.497 e. The number of carbonyl (C=O) groups excluding carboxylic acids is 4. The van der Waals surface area contributed by atoms with Crippen molar-refractivity contribution in [2.24, 2.45) is 17.8 Å². The Morgan fingerprint density at radius 2 is 1.71 bits per heavy atom. The van der Waals surface area contributed by atoms with Crippen LogP contribution in [-0.4, -0.2) is 41.8 Å². The highest BCUT2D eigenvalue weighted by Gasteiger charge is 2.50. The molecule has 1 aliphatic carbocycles. The number of benzene rings is 3. The van der Waals surface area contributed by atoms with Crippen molar-refractivity contribution in [3.05, 3.63) is 101 Å². The molecular formula is C36H31ClN2O6. The van der Waals surface area contributed by atoms with E-state index in [0.717, 1.165) is 0 Å². The summed E-state index contributed by atoms with van der Waals surface area (Å²) < 4.78 is 10.8. The van der Waals surface area contributed by atoms with Crippen molar-refractivity contribution in [3.8, 4) is 17.0 Å². The van der Waals surface area contributed by atoms with E-state index in [1.54, 1.807) is 66.7 Å². The van der Waals surface area contributed by atoms with E-state index in [0.29, 0.717) is 56.2 Å². The first-order valence-corrected chi connectivity index (χ1v) is 15.1. The summed E-state index contributed by atoms with van der Waals surface area (Å²) in [5.74, 6) is -1.51. The summed E-state index contributed by atoms with van der Waals surface area (Å²) >= 11 is 6.43. The summed E-state index contributed by atoms with van der Waals surface area (Å²) in [6, 6.07) is 18.5. The van der Waals surface area contributed by atoms with Crippen molar-refractivity contribution in [1.82, 2.24) is 4.98 Å². The number of hydrogen-bond donors (Lipinski definition) is 0. The Labute approximate surface area is 265 Å². The maximum absolute atomic E-state index is 13.6. The normalized spacial score (nSPS) is 19.8. The standard InChI is InChI=1S/C36H31ClN2O6/c1-19-6-5-7-27-31(19)35(42)39(34(27)41)24-12-8-22(9-13-24)30-18-28(26-16-17-29(37)20(2)32(26)38-30)36(43)45-21(3)33(40)23-10-14-25(44-4)15-11-23/h5-6,8-19,21,27,31H,7H2,1-4H3. The second-order valence-corrected chi connectivity index (χ2v) is 11.9. The molecule has 1 fully saturated rings. The minimum atomic E-state index is -1.05. The van der Waals surface area contributed by atoms with E-state index in [-0.39, 0.29) is 40.9 Å². The molecule has 4 unspecified atom stereocenters. The van der Waals surface area contributed by atoms with Gasteiger partial charge in [-0.15, -0.1) is 0 Å². The van der Waals surface area contributed by atoms with Crippen LogP contribution in [0.25, 0.3) is 22.2 Å². The minimum Gasteiger partial charge on any atom is -0.497 e. The van der Waals surface area contributed by atoms with Crippen molar-refractivity contribution in [3.63, 3.8) is 0 Å². The number of esters is 1. The van der Waals surface area contributed by atoms with Gasteiger partial charge in [0.15, 0.2) is 6.10 Å². The third-order valence-electron chi connectivity index (χ3n) is 8.71. The maximum Gasteiger partial charge on any atom is 0.339 e. The van der Waals surface area contributed by atoms with Gasteiger partial charge in [0.1, 0.15) is 5.75 Å². The number of carbonyl (C=O) groups is 4. The quantitative estimate of drug-likeness (QED) is 0.0946. The second kappa shape index (κ2) is 11.9. The van der Waals surface area contributed by atoms with Gasteiger partial charge in [-0.05, 0) is 80.3 Å². The van der Waals surface area contributed by atoms with Crippen LogP contribution in [0.3, 0.4) is 0 Å². The number of fused-ring (bicyclic) bond motifs is 2. The summed E-state index contributed by atoms with van der Waals surface area (Å²) in [6.07, 6.45) is 3.47. The van der Waals surface area contributed by atoms with E-state index in [1.165, 1.54) is 18.9 Å². The molecule has 0 saturated carbocycles. The van der Waals surface area contributed by atoms with Crippen molar-refractivity contribution in [2.75, 3.05) is 12.0 Å². The molecule has 0 radical (unpaired) electrons. The molecule has 2 heterocycles. The number of nitrogens with zero attached hydrogens (tertiary/aromatic N) is 2. The zero-order valence-electron chi connectivity index (χ0n) is 25.2. The van der Waals surface area contributed by atoms with Gasteiger partial charge >= 0.3 is 5.97 Å². The Balaban J connectivity index is 1.31. The van der Waals surface area contributed by atoms with E-state index in [9.17, 15) is 19.2 Å². The third-order valence-corrected chi connectivity index (χ3v) is 9.12. The van der Waals surface area contributed by atoms with E-state index < -0.39 is 12.1 Å². The number of anilines is 1. The number of ketones is 1. The highest BCUT2D eigenvalue weighted by atomic mass is 35.5. The van der Waals surface area contributed by atoms with Crippen LogP contribution in [0.15, 0.2) is 78.9 Å². The number of imide groups is 1. The number of methoxy groups -OCH3 is 1. The van der Waals surface area contributed by atoms with Crippen LogP contribution in [0, 0.1) is 24.7 Å². The molecule has 228 valence electrons. The first-order chi connectivity index (χ1) is 21.6. The Hall–Kier alpha value is -4.82. The van der Waals surface area contributed by atoms with Crippen LogP contribution in [0.1, 0.15) is 46.5 Å². The number of aryl methyl sites for hydroxylation is 1. The topological polar surface area (TPSA) is 103 Å². The Morgan fingerprint density at radius 1 is 1.00 bits per heavy atom. The van der Waals surface area contributed by atoms with Crippen molar-refractivity contribution in [2.45, 2.75) is 33.3 Å². The lowest BCUT2D eigenvalue weighted by Gasteiger charge is -2.22. The SMILES string of the molecule is COc1ccc(C(=O)C(C)OC(=O)c2cc(-c3ccc(N4C(=O)C5CC=CC(C)C5C4=O)cc3)nc3c(C)c(Cl)ccc23)cc1. The predicted molar refractivity (Wildman–Crippen MR) is 172 cm³/mol. The fraction of sp³-hybridized carbons (Fsp3) is 0.250. The van der Waals surface area contributed by atoms with E-state index in [4.69, 9.17) is 26.1 Å². The van der Waals surface area contributed by atoms with E-state index in [2.05, 4.69) is 0 Å². The van der Waals surface area contributed by atoms with Crippen molar-refractivity contribution >= 4 is 51.8 Å². The Morgan fingerprint density at radius 3 is 2.38 bits per heavy atom. The van der Waals surface area contributed by atoms with Gasteiger partial charge in [-0.3, -0.25) is 19.3 Å². The van der Waals surface area contributed by atoms with Crippen LogP contribution in [0.5, 0.6) is 5.75 Å². The van der Waals surface area contributed by atoms with Gasteiger partial charge in [-0.2, -0.15) is 0 Å². The molecule has 6 rings (SSSR count). The van der Waals surface area contributed by atoms with Crippen LogP contribution >= 0.6 is 11.6 Å². The molecule has 2 aliphatic rings. The average molecular weight is 623 g/mol. The first-order valence-electron chi connectivity index (χ1n) is 14.7. The summed E-state index contributed by atoms with van der Waals surface area (Å²) in [6.45, 7) is 5.31. The number of ether oxygens (including phenoxy) is 2. The number of amides is 2. The molecule has 0 N–H and O–H groups in total. The molecule has 1 aliphatic heterocycles. The molecule has 4 atom stereocenters. The zero-order valence-corrected chi connectivity index (χ0v) is 26.0. The number of hydrogen-bond acceptors (Lipinski definition) is 7. The molecule has 1 aromatic heterocycles. The van der Waals surface area contributed by atoms with Gasteiger partial charge in [-0.25, -0.2) is 9.78 Å². The van der Waals surface area contributed by atoms with Crippen LogP contribution in [-0.2, 0) is 14.3 Å². The third kappa shape index (κ3) is 5.40. The summed E-state index contributed by atoms with van der Waals surface area (Å²) in [5.41, 5.74) is 3.42. The number of pyridine rings is 1. The summed E-state index contributed by atoms with van der Waals surface area (Å²) in [4.78, 5) is 59.2. The lowest BCUT2D eigenvalue weighted by atomic mass is 9.78. The molecular weight excluding hydrogens is 592 g/mol. The van der Waals surface area contributed by atoms with E-state index >= 15 is 0 Å². The van der Waals surface area contributed by atoms with Gasteiger partial charge in [0.25, 0.3) is 0 Å². The molecule has 3 aromatic carbocycles. The monoisotopic (exact) mass is 622 g/mol. The highest BCUT2D eigenvalue weighted by molar-refractivity contribution is 6.32. The molecule has 0 spiro atoms. The van der Waals surface area contributed by atoms with Crippen LogP contribution in [0.4, 0.5) is 5.69 Å². The van der Waals surface area contributed by atoms with Crippen molar-refractivity contribution in [1.29, 1.82) is 0 Å². The molecule has 4 aromatic rings. The highest BCUT2D eigenvalue weighted by Crippen LogP contribution is 2.41. The summed E-state index contributed by atoms with van der Waals surface area (Å²) in [5, 5.41) is 1.02. The maximum atomic E-state index is 13.6. The number of Topliss-reactive ketones (excluding diaryl/α,β-unsaturated/α-hetero) is 1. The van der Waals surface area contributed by atoms with Gasteiger partial charge in [0.2, 0.25) is 17.6 Å². The zero-order chi connectivity index (χ0) is 32.0. The van der Waals surface area contributed by atoms with Crippen LogP contribution in [0.2, 0.25) is 5.02 Å². The molecule has 8 nitrogen and oxygen atoms in total. The number of rotatable bonds is 7. The predicted octanol–water partition coefficient (Wildman–Crippen LogP) is 7.00. The molecule has 1 saturated heterocycles. The van der Waals surface area contributed by atoms with Crippen LogP contribution < -0.4 is 9.64 Å². The number of halogens is 1. The molecule has 0 bridgehead atoms. The molecule has 9 heteroatoms. The molecule has 45 heavy (non-hydrogen) atoms. The van der Waals surface area contributed by atoms with E-state index in [1.807, 2.05) is 26.0 Å². The lowest BCUT2D eigenvalue weighted by Crippen LogP contribution is -2.31. The van der Waals surface area contributed by atoms with Gasteiger partial charge in [-0.1, -0.05) is 48.9 Å². The van der Waals surface area contributed by atoms with Gasteiger partial charge in [0, 0.05) is 21.5 Å². The number of allylic oxidation sites excluding steroid dienone is 2. The first kappa shape index (κ1) is 30.2. The minimum absolute atomic E-state index is 0.00580. The smallest absolute Gasteiger partial charge is 0.339 e. The average Bonchev–Trinajstić information content (AvgIpc) is 3.31. The van der Waals surface area contributed by atoms with Gasteiger partial charge < -0.3 is 9.47 Å². The van der Waals surface area contributed by atoms with Gasteiger partial charge in [0.05, 0.1) is 41.4 Å². The lowest BCUT2D eigenvalue weighted by molar-refractivity contribution is -0.122. The van der Waals surface area contributed by atoms with Crippen molar-refractivity contribution < 1.29 is 28.7 Å². The fourth-order valence-electron chi connectivity index (χ4n) is 6.17. The number of aromatic nitrogens is 1. The Bertz CT molecular complexity index is 1880.